The molecule has 1 aliphatic heterocycles. The molecule has 2 amide bonds. The predicted octanol–water partition coefficient (Wildman–Crippen LogP) is 1.42. The highest BCUT2D eigenvalue weighted by atomic mass is 16.5. The highest BCUT2D eigenvalue weighted by Crippen LogP contribution is 2.22. The molecule has 2 fully saturated rings. The van der Waals surface area contributed by atoms with Gasteiger partial charge in [-0.25, -0.2) is 0 Å². The summed E-state index contributed by atoms with van der Waals surface area (Å²) < 4.78 is 5.08. The average molecular weight is 317 g/mol. The number of amides is 2. The molecular formula is C17H23N3O3. The average Bonchev–Trinajstić information content (AvgIpc) is 2.56. The lowest BCUT2D eigenvalue weighted by molar-refractivity contribution is -0.129. The number of piperazine rings is 1. The molecule has 1 aliphatic carbocycles. The zero-order chi connectivity index (χ0) is 16.2. The zero-order valence-corrected chi connectivity index (χ0v) is 13.3. The Labute approximate surface area is 136 Å². The minimum Gasteiger partial charge on any atom is -0.497 e. The lowest BCUT2D eigenvalue weighted by atomic mass is 9.87. The molecule has 0 bridgehead atoms. The Morgan fingerprint density at radius 3 is 2.61 bits per heavy atom. The van der Waals surface area contributed by atoms with Gasteiger partial charge in [-0.05, 0) is 37.1 Å². The van der Waals surface area contributed by atoms with Crippen molar-refractivity contribution in [3.63, 3.8) is 0 Å². The van der Waals surface area contributed by atoms with Crippen LogP contribution in [-0.2, 0) is 9.59 Å². The molecule has 23 heavy (non-hydrogen) atoms. The summed E-state index contributed by atoms with van der Waals surface area (Å²) >= 11 is 0. The summed E-state index contributed by atoms with van der Waals surface area (Å²) in [5.41, 5.74) is 0.697. The third-order valence-corrected chi connectivity index (χ3v) is 4.59. The van der Waals surface area contributed by atoms with Gasteiger partial charge in [-0.2, -0.15) is 0 Å². The maximum Gasteiger partial charge on any atom is 0.237 e. The van der Waals surface area contributed by atoms with E-state index in [2.05, 4.69) is 16.0 Å². The Bertz CT molecular complexity index is 573. The number of nitrogens with one attached hydrogen (secondary N) is 3. The molecule has 6 heteroatoms. The molecule has 3 rings (SSSR count). The van der Waals surface area contributed by atoms with Crippen molar-refractivity contribution < 1.29 is 14.3 Å². The molecule has 0 unspecified atom stereocenters. The van der Waals surface area contributed by atoms with E-state index in [4.69, 9.17) is 4.74 Å². The van der Waals surface area contributed by atoms with Crippen molar-refractivity contribution in [1.29, 1.82) is 0 Å². The van der Waals surface area contributed by atoms with E-state index in [-0.39, 0.29) is 24.3 Å². The van der Waals surface area contributed by atoms with Crippen LogP contribution >= 0.6 is 0 Å². The first kappa shape index (κ1) is 15.8. The normalized spacial score (nSPS) is 26.8. The summed E-state index contributed by atoms with van der Waals surface area (Å²) in [6.07, 6.45) is 4.55. The maximum atomic E-state index is 12.2. The second kappa shape index (κ2) is 7.00. The number of fused-ring (bicyclic) bond motifs is 1. The number of rotatable bonds is 4. The maximum absolute atomic E-state index is 12.2. The smallest absolute Gasteiger partial charge is 0.237 e. The van der Waals surface area contributed by atoms with Crippen LogP contribution in [0.25, 0.3) is 0 Å². The third-order valence-electron chi connectivity index (χ3n) is 4.59. The van der Waals surface area contributed by atoms with Crippen molar-refractivity contribution in [3.8, 4) is 5.75 Å². The van der Waals surface area contributed by atoms with Crippen LogP contribution in [0.15, 0.2) is 24.3 Å². The number of carbonyl (C=O) groups excluding carboxylic acids is 2. The van der Waals surface area contributed by atoms with Crippen molar-refractivity contribution in [2.24, 2.45) is 0 Å². The molecule has 124 valence electrons. The Balaban J connectivity index is 1.55. The first-order valence-electron chi connectivity index (χ1n) is 8.16. The Hall–Kier alpha value is -2.08. The van der Waals surface area contributed by atoms with Crippen LogP contribution in [0.4, 0.5) is 5.69 Å². The van der Waals surface area contributed by atoms with Gasteiger partial charge >= 0.3 is 0 Å². The van der Waals surface area contributed by atoms with Crippen LogP contribution in [0, 0.1) is 0 Å². The summed E-state index contributed by atoms with van der Waals surface area (Å²) in [5, 5.41) is 9.22. The number of hydrogen-bond donors (Lipinski definition) is 3. The molecular weight excluding hydrogens is 294 g/mol. The molecule has 0 radical (unpaired) electrons. The second-order valence-corrected chi connectivity index (χ2v) is 6.21. The zero-order valence-electron chi connectivity index (χ0n) is 13.3. The van der Waals surface area contributed by atoms with Crippen molar-refractivity contribution in [2.45, 2.75) is 50.2 Å². The van der Waals surface area contributed by atoms with Gasteiger partial charge in [0.2, 0.25) is 11.8 Å². The van der Waals surface area contributed by atoms with Crippen molar-refractivity contribution in [1.82, 2.24) is 10.6 Å². The number of carbonyl (C=O) groups is 2. The van der Waals surface area contributed by atoms with Gasteiger partial charge in [-0.15, -0.1) is 0 Å². The van der Waals surface area contributed by atoms with E-state index in [0.29, 0.717) is 11.7 Å². The molecule has 1 saturated heterocycles. The standard InChI is InChI=1S/C17H23N3O3/c1-23-12-8-6-11(7-9-12)18-16(21)10-15-17(22)20-14-5-3-2-4-13(14)19-15/h6-9,13-15,19H,2-5,10H2,1H3,(H,18,21)(H,20,22)/t13-,14+,15+/m0/s1. The lowest BCUT2D eigenvalue weighted by Crippen LogP contribution is -2.65. The largest absolute Gasteiger partial charge is 0.497 e. The van der Waals surface area contributed by atoms with E-state index >= 15 is 0 Å². The van der Waals surface area contributed by atoms with Crippen molar-refractivity contribution in [3.05, 3.63) is 24.3 Å². The Kier molecular flexibility index (Phi) is 4.81. The van der Waals surface area contributed by atoms with Crippen molar-refractivity contribution in [2.75, 3.05) is 12.4 Å². The molecule has 3 N–H and O–H groups in total. The number of anilines is 1. The van der Waals surface area contributed by atoms with E-state index in [1.165, 1.54) is 6.42 Å². The molecule has 6 nitrogen and oxygen atoms in total. The quantitative estimate of drug-likeness (QED) is 0.785. The van der Waals surface area contributed by atoms with Gasteiger partial charge in [0.05, 0.1) is 19.6 Å². The van der Waals surface area contributed by atoms with Crippen LogP contribution in [0.1, 0.15) is 32.1 Å². The van der Waals surface area contributed by atoms with Gasteiger partial charge in [0.1, 0.15) is 5.75 Å². The number of ether oxygens (including phenoxy) is 1. The summed E-state index contributed by atoms with van der Waals surface area (Å²) in [7, 11) is 1.60. The molecule has 0 aromatic heterocycles. The van der Waals surface area contributed by atoms with E-state index in [0.717, 1.165) is 25.0 Å². The number of benzene rings is 1. The summed E-state index contributed by atoms with van der Waals surface area (Å²) in [4.78, 5) is 24.3. The van der Waals surface area contributed by atoms with E-state index < -0.39 is 6.04 Å². The molecule has 1 aromatic rings. The fourth-order valence-corrected chi connectivity index (χ4v) is 3.34. The fraction of sp³-hybridized carbons (Fsp3) is 0.529. The summed E-state index contributed by atoms with van der Waals surface area (Å²) in [6, 6.07) is 7.19. The minimum absolute atomic E-state index is 0.0713. The molecule has 2 aliphatic rings. The van der Waals surface area contributed by atoms with Gasteiger partial charge in [-0.1, -0.05) is 12.8 Å². The summed E-state index contributed by atoms with van der Waals surface area (Å²) in [6.45, 7) is 0. The van der Waals surface area contributed by atoms with Gasteiger partial charge in [-0.3, -0.25) is 9.59 Å². The molecule has 3 atom stereocenters. The van der Waals surface area contributed by atoms with Gasteiger partial charge in [0, 0.05) is 17.8 Å². The van der Waals surface area contributed by atoms with E-state index in [1.807, 2.05) is 0 Å². The summed E-state index contributed by atoms with van der Waals surface area (Å²) in [5.74, 6) is 0.495. The number of hydrogen-bond acceptors (Lipinski definition) is 4. The predicted molar refractivity (Wildman–Crippen MR) is 87.4 cm³/mol. The van der Waals surface area contributed by atoms with Gasteiger partial charge < -0.3 is 20.7 Å². The molecule has 1 saturated carbocycles. The first-order valence-corrected chi connectivity index (χ1v) is 8.16. The molecule has 1 heterocycles. The molecule has 0 spiro atoms. The third kappa shape index (κ3) is 3.82. The SMILES string of the molecule is COc1ccc(NC(=O)C[C@H]2N[C@H]3CCCC[C@H]3NC2=O)cc1. The van der Waals surface area contributed by atoms with E-state index in [9.17, 15) is 9.59 Å². The Morgan fingerprint density at radius 2 is 1.91 bits per heavy atom. The first-order chi connectivity index (χ1) is 11.2. The van der Waals surface area contributed by atoms with Crippen molar-refractivity contribution >= 4 is 17.5 Å². The molecule has 1 aromatic carbocycles. The van der Waals surface area contributed by atoms with Crippen LogP contribution < -0.4 is 20.7 Å². The van der Waals surface area contributed by atoms with Crippen LogP contribution in [0.5, 0.6) is 5.75 Å². The number of methoxy groups -OCH3 is 1. The lowest BCUT2D eigenvalue weighted by Gasteiger charge is -2.40. The Morgan fingerprint density at radius 1 is 1.22 bits per heavy atom. The topological polar surface area (TPSA) is 79.5 Å². The minimum atomic E-state index is -0.451. The fourth-order valence-electron chi connectivity index (χ4n) is 3.34. The monoisotopic (exact) mass is 317 g/mol. The van der Waals surface area contributed by atoms with Crippen LogP contribution in [0.3, 0.4) is 0 Å². The van der Waals surface area contributed by atoms with E-state index in [1.54, 1.807) is 31.4 Å². The van der Waals surface area contributed by atoms with Gasteiger partial charge in [0.25, 0.3) is 0 Å². The second-order valence-electron chi connectivity index (χ2n) is 6.21. The highest BCUT2D eigenvalue weighted by molar-refractivity contribution is 5.95. The highest BCUT2D eigenvalue weighted by Gasteiger charge is 2.36. The van der Waals surface area contributed by atoms with Crippen LogP contribution in [0.2, 0.25) is 0 Å². The van der Waals surface area contributed by atoms with Crippen LogP contribution in [-0.4, -0.2) is 37.0 Å². The van der Waals surface area contributed by atoms with Gasteiger partial charge in [0.15, 0.2) is 0 Å².